The molecule has 2 aromatic heterocycles. The molecule has 26 heavy (non-hydrogen) atoms. The fraction of sp³-hybridized carbons (Fsp3) is 0.0556. The van der Waals surface area contributed by atoms with Crippen LogP contribution in [0.15, 0.2) is 64.4 Å². The average molecular weight is 371 g/mol. The number of sulfonamides is 1. The second kappa shape index (κ2) is 6.08. The van der Waals surface area contributed by atoms with E-state index < -0.39 is 10.0 Å². The lowest BCUT2D eigenvalue weighted by Crippen LogP contribution is -2.23. The first-order valence-corrected chi connectivity index (χ1v) is 9.30. The lowest BCUT2D eigenvalue weighted by Gasteiger charge is -2.08. The molecule has 3 N–H and O–H groups in total. The maximum absolute atomic E-state index is 12.9. The molecule has 0 spiro atoms. The third-order valence-electron chi connectivity index (χ3n) is 4.19. The van der Waals surface area contributed by atoms with E-state index in [1.807, 2.05) is 0 Å². The number of benzene rings is 2. The van der Waals surface area contributed by atoms with Gasteiger partial charge in [0.15, 0.2) is 0 Å². The van der Waals surface area contributed by atoms with Crippen LogP contribution in [0.4, 0.5) is 4.39 Å². The Morgan fingerprint density at radius 3 is 2.54 bits per heavy atom. The molecule has 0 aliphatic rings. The van der Waals surface area contributed by atoms with Gasteiger partial charge in [0.05, 0.1) is 4.90 Å². The van der Waals surface area contributed by atoms with Gasteiger partial charge in [-0.3, -0.25) is 4.79 Å². The molecule has 0 aliphatic heterocycles. The van der Waals surface area contributed by atoms with Gasteiger partial charge < -0.3 is 9.97 Å². The molecule has 2 heterocycles. The van der Waals surface area contributed by atoms with E-state index in [0.717, 1.165) is 0 Å². The van der Waals surface area contributed by atoms with Gasteiger partial charge in [-0.2, -0.15) is 0 Å². The van der Waals surface area contributed by atoms with Crippen molar-refractivity contribution >= 4 is 31.8 Å². The van der Waals surface area contributed by atoms with Crippen LogP contribution in [0.25, 0.3) is 21.8 Å². The molecule has 0 saturated heterocycles. The van der Waals surface area contributed by atoms with Gasteiger partial charge in [-0.25, -0.2) is 17.5 Å². The minimum Gasteiger partial charge on any atom is -0.357 e. The van der Waals surface area contributed by atoms with Gasteiger partial charge >= 0.3 is 0 Å². The van der Waals surface area contributed by atoms with Crippen LogP contribution in [0.2, 0.25) is 0 Å². The quantitative estimate of drug-likeness (QED) is 0.515. The van der Waals surface area contributed by atoms with Gasteiger partial charge in [-0.15, -0.1) is 0 Å². The highest BCUT2D eigenvalue weighted by atomic mass is 32.2. The number of nitrogens with one attached hydrogen (secondary N) is 3. The molecule has 8 heteroatoms. The molecule has 0 saturated carbocycles. The molecule has 0 bridgehead atoms. The third-order valence-corrected chi connectivity index (χ3v) is 5.59. The summed E-state index contributed by atoms with van der Waals surface area (Å²) in [6, 6.07) is 11.8. The second-order valence-electron chi connectivity index (χ2n) is 5.88. The molecule has 0 amide bonds. The van der Waals surface area contributed by atoms with E-state index in [1.54, 1.807) is 18.3 Å². The van der Waals surface area contributed by atoms with Crippen molar-refractivity contribution in [3.63, 3.8) is 0 Å². The number of pyridine rings is 1. The van der Waals surface area contributed by atoms with Crippen molar-refractivity contribution in [1.29, 1.82) is 0 Å². The Bertz CT molecular complexity index is 1270. The smallest absolute Gasteiger partial charge is 0.272 e. The lowest BCUT2D eigenvalue weighted by molar-refractivity contribution is 0.581. The Morgan fingerprint density at radius 1 is 1.00 bits per heavy atom. The van der Waals surface area contributed by atoms with E-state index in [2.05, 4.69) is 14.7 Å². The first kappa shape index (κ1) is 16.5. The number of rotatable bonds is 4. The zero-order valence-electron chi connectivity index (χ0n) is 13.4. The van der Waals surface area contributed by atoms with Crippen LogP contribution < -0.4 is 10.3 Å². The van der Waals surface area contributed by atoms with Crippen molar-refractivity contribution in [1.82, 2.24) is 14.7 Å². The molecule has 2 aromatic carbocycles. The maximum Gasteiger partial charge on any atom is 0.272 e. The van der Waals surface area contributed by atoms with E-state index >= 15 is 0 Å². The minimum absolute atomic E-state index is 0.0475. The first-order valence-electron chi connectivity index (χ1n) is 7.81. The summed E-state index contributed by atoms with van der Waals surface area (Å²) < 4.78 is 40.6. The van der Waals surface area contributed by atoms with Crippen LogP contribution in [0.5, 0.6) is 0 Å². The van der Waals surface area contributed by atoms with Crippen LogP contribution in [-0.2, 0) is 16.6 Å². The molecule has 0 atom stereocenters. The van der Waals surface area contributed by atoms with Crippen molar-refractivity contribution in [3.05, 3.63) is 76.5 Å². The Labute approximate surface area is 147 Å². The number of hydrogen-bond donors (Lipinski definition) is 3. The zero-order valence-corrected chi connectivity index (χ0v) is 14.2. The number of fused-ring (bicyclic) bond motifs is 3. The monoisotopic (exact) mass is 371 g/mol. The lowest BCUT2D eigenvalue weighted by atomic mass is 10.1. The number of aromatic nitrogens is 2. The topological polar surface area (TPSA) is 94.8 Å². The molecule has 0 unspecified atom stereocenters. The zero-order chi connectivity index (χ0) is 18.3. The number of aromatic amines is 2. The summed E-state index contributed by atoms with van der Waals surface area (Å²) in [5.74, 6) is -0.379. The van der Waals surface area contributed by atoms with Gasteiger partial charge in [-0.05, 0) is 42.0 Å². The maximum atomic E-state index is 12.9. The van der Waals surface area contributed by atoms with Gasteiger partial charge in [0.25, 0.3) is 5.56 Å². The van der Waals surface area contributed by atoms with E-state index in [-0.39, 0.29) is 22.8 Å². The Kier molecular flexibility index (Phi) is 3.86. The number of H-pyrrole nitrogens is 2. The predicted octanol–water partition coefficient (Wildman–Crippen LogP) is 2.63. The van der Waals surface area contributed by atoms with E-state index in [4.69, 9.17) is 0 Å². The Hall–Kier alpha value is -2.97. The van der Waals surface area contributed by atoms with Gasteiger partial charge in [0, 0.05) is 29.0 Å². The van der Waals surface area contributed by atoms with Crippen molar-refractivity contribution in [2.45, 2.75) is 11.4 Å². The molecular weight excluding hydrogens is 357 g/mol. The van der Waals surface area contributed by atoms with Gasteiger partial charge in [0.2, 0.25) is 10.0 Å². The van der Waals surface area contributed by atoms with Crippen molar-refractivity contribution in [2.75, 3.05) is 0 Å². The highest BCUT2D eigenvalue weighted by Crippen LogP contribution is 2.23. The van der Waals surface area contributed by atoms with E-state index in [0.29, 0.717) is 27.4 Å². The molecule has 132 valence electrons. The van der Waals surface area contributed by atoms with Crippen molar-refractivity contribution in [2.24, 2.45) is 0 Å². The Balaban J connectivity index is 1.71. The highest BCUT2D eigenvalue weighted by molar-refractivity contribution is 7.89. The summed E-state index contributed by atoms with van der Waals surface area (Å²) in [7, 11) is -3.77. The summed E-state index contributed by atoms with van der Waals surface area (Å²) >= 11 is 0. The van der Waals surface area contributed by atoms with E-state index in [9.17, 15) is 17.6 Å². The van der Waals surface area contributed by atoms with Gasteiger partial charge in [-0.1, -0.05) is 12.1 Å². The van der Waals surface area contributed by atoms with Crippen molar-refractivity contribution < 1.29 is 12.8 Å². The molecule has 4 aromatic rings. The fourth-order valence-electron chi connectivity index (χ4n) is 2.85. The standard InChI is InChI=1S/C18H14FN3O3S/c19-12-3-1-11(2-4-12)10-21-26(24,25)13-5-6-16-15(9-13)14-7-8-20-17(14)18(23)22-16/h1-9,20-21H,10H2,(H,22,23). The SMILES string of the molecule is O=c1[nH]c2ccc(S(=O)(=O)NCc3ccc(F)cc3)cc2c2cc[nH]c12. The third kappa shape index (κ3) is 2.89. The van der Waals surface area contributed by atoms with E-state index in [1.165, 1.54) is 36.4 Å². The largest absolute Gasteiger partial charge is 0.357 e. The number of hydrogen-bond acceptors (Lipinski definition) is 3. The van der Waals surface area contributed by atoms with Crippen LogP contribution in [0, 0.1) is 5.82 Å². The average Bonchev–Trinajstić information content (AvgIpc) is 3.12. The van der Waals surface area contributed by atoms with Crippen molar-refractivity contribution in [3.8, 4) is 0 Å². The summed E-state index contributed by atoms with van der Waals surface area (Å²) in [6.45, 7) is 0.0475. The summed E-state index contributed by atoms with van der Waals surface area (Å²) in [6.07, 6.45) is 1.63. The highest BCUT2D eigenvalue weighted by Gasteiger charge is 2.16. The van der Waals surface area contributed by atoms with Crippen LogP contribution in [0.3, 0.4) is 0 Å². The summed E-state index contributed by atoms with van der Waals surface area (Å²) in [5, 5.41) is 1.28. The molecule has 0 fully saturated rings. The summed E-state index contributed by atoms with van der Waals surface area (Å²) in [4.78, 5) is 17.6. The molecule has 4 rings (SSSR count). The second-order valence-corrected chi connectivity index (χ2v) is 7.65. The molecule has 6 nitrogen and oxygen atoms in total. The van der Waals surface area contributed by atoms with Crippen LogP contribution in [0.1, 0.15) is 5.56 Å². The molecular formula is C18H14FN3O3S. The molecule has 0 radical (unpaired) electrons. The predicted molar refractivity (Wildman–Crippen MR) is 96.9 cm³/mol. The van der Waals surface area contributed by atoms with Crippen LogP contribution in [-0.4, -0.2) is 18.4 Å². The number of halogens is 1. The minimum atomic E-state index is -3.77. The van der Waals surface area contributed by atoms with Gasteiger partial charge in [0.1, 0.15) is 11.3 Å². The first-order chi connectivity index (χ1) is 12.4. The fourth-order valence-corrected chi connectivity index (χ4v) is 3.90. The Morgan fingerprint density at radius 2 is 1.77 bits per heavy atom. The van der Waals surface area contributed by atoms with Crippen LogP contribution >= 0.6 is 0 Å². The molecule has 0 aliphatic carbocycles. The summed E-state index contributed by atoms with van der Waals surface area (Å²) in [5.41, 5.74) is 1.33. The normalized spacial score (nSPS) is 12.0.